The standard InChI is InChI=1S/C23H29N5OS/c1-3-15-28-19-12-8-7-11-18(19)20-21(28)25-23(27-26-20)30-16(2)22(29)24-14-13-17-9-5-4-6-10-17/h7-9,11-12,16H,3-6,10,13-15H2,1-2H3,(H,24,29). The Hall–Kier alpha value is -2.41. The molecule has 0 radical (unpaired) electrons. The molecule has 0 saturated carbocycles. The first-order valence-electron chi connectivity index (χ1n) is 10.9. The van der Waals surface area contributed by atoms with Gasteiger partial charge in [-0.05, 0) is 51.5 Å². The lowest BCUT2D eigenvalue weighted by Gasteiger charge is -2.14. The van der Waals surface area contributed by atoms with E-state index >= 15 is 0 Å². The van der Waals surface area contributed by atoms with Gasteiger partial charge in [0.15, 0.2) is 5.65 Å². The van der Waals surface area contributed by atoms with Crippen LogP contribution in [0.1, 0.15) is 52.4 Å². The van der Waals surface area contributed by atoms with Gasteiger partial charge in [-0.3, -0.25) is 4.79 Å². The van der Waals surface area contributed by atoms with Gasteiger partial charge in [-0.2, -0.15) is 0 Å². The van der Waals surface area contributed by atoms with Crippen molar-refractivity contribution in [3.63, 3.8) is 0 Å². The van der Waals surface area contributed by atoms with Crippen LogP contribution in [0.15, 0.2) is 41.1 Å². The van der Waals surface area contributed by atoms with E-state index in [1.807, 2.05) is 19.1 Å². The Morgan fingerprint density at radius 3 is 2.93 bits per heavy atom. The Bertz CT molecular complexity index is 1070. The van der Waals surface area contributed by atoms with Crippen LogP contribution < -0.4 is 5.32 Å². The van der Waals surface area contributed by atoms with Gasteiger partial charge in [-0.25, -0.2) is 4.98 Å². The van der Waals surface area contributed by atoms with Crippen LogP contribution in [0.25, 0.3) is 22.1 Å². The highest BCUT2D eigenvalue weighted by molar-refractivity contribution is 8.00. The second-order valence-electron chi connectivity index (χ2n) is 7.84. The zero-order valence-corrected chi connectivity index (χ0v) is 18.5. The van der Waals surface area contributed by atoms with E-state index in [0.29, 0.717) is 11.7 Å². The molecule has 4 rings (SSSR count). The Morgan fingerprint density at radius 2 is 2.13 bits per heavy atom. The van der Waals surface area contributed by atoms with Crippen molar-refractivity contribution in [3.05, 3.63) is 35.9 Å². The summed E-state index contributed by atoms with van der Waals surface area (Å²) in [6.07, 6.45) is 9.20. The number of aromatic nitrogens is 4. The Kier molecular flexibility index (Phi) is 6.67. The minimum absolute atomic E-state index is 0.0224. The first-order chi connectivity index (χ1) is 14.7. The molecule has 1 aliphatic carbocycles. The molecule has 3 aromatic rings. The summed E-state index contributed by atoms with van der Waals surface area (Å²) in [5, 5.41) is 13.2. The third-order valence-corrected chi connectivity index (χ3v) is 6.53. The Balaban J connectivity index is 1.45. The Labute approximate surface area is 181 Å². The number of nitrogens with zero attached hydrogens (tertiary/aromatic N) is 4. The average molecular weight is 424 g/mol. The highest BCUT2D eigenvalue weighted by Crippen LogP contribution is 2.28. The maximum atomic E-state index is 12.5. The zero-order valence-electron chi connectivity index (χ0n) is 17.7. The summed E-state index contributed by atoms with van der Waals surface area (Å²) in [4.78, 5) is 17.3. The van der Waals surface area contributed by atoms with Crippen molar-refractivity contribution in [2.75, 3.05) is 6.54 Å². The molecule has 1 atom stereocenters. The number of aryl methyl sites for hydroxylation is 1. The van der Waals surface area contributed by atoms with Crippen LogP contribution in [-0.2, 0) is 11.3 Å². The summed E-state index contributed by atoms with van der Waals surface area (Å²) in [6, 6.07) is 8.20. The van der Waals surface area contributed by atoms with Crippen molar-refractivity contribution >= 4 is 39.7 Å². The fraction of sp³-hybridized carbons (Fsp3) is 0.478. The number of carbonyl (C=O) groups is 1. The van der Waals surface area contributed by atoms with E-state index in [0.717, 1.165) is 41.5 Å². The predicted octanol–water partition coefficient (Wildman–Crippen LogP) is 4.88. The van der Waals surface area contributed by atoms with Crippen LogP contribution >= 0.6 is 11.8 Å². The predicted molar refractivity (Wildman–Crippen MR) is 123 cm³/mol. The number of fused-ring (bicyclic) bond motifs is 3. The number of rotatable bonds is 8. The van der Waals surface area contributed by atoms with Gasteiger partial charge in [0.25, 0.3) is 0 Å². The highest BCUT2D eigenvalue weighted by atomic mass is 32.2. The van der Waals surface area contributed by atoms with Gasteiger partial charge in [0.1, 0.15) is 5.52 Å². The van der Waals surface area contributed by atoms with Crippen LogP contribution in [-0.4, -0.2) is 37.5 Å². The molecule has 0 fully saturated rings. The normalized spacial score (nSPS) is 15.3. The van der Waals surface area contributed by atoms with Gasteiger partial charge in [-0.1, -0.05) is 48.5 Å². The topological polar surface area (TPSA) is 72.7 Å². The summed E-state index contributed by atoms with van der Waals surface area (Å²) in [6.45, 7) is 5.62. The molecular weight excluding hydrogens is 394 g/mol. The molecule has 0 bridgehead atoms. The summed E-state index contributed by atoms with van der Waals surface area (Å²) < 4.78 is 2.20. The van der Waals surface area contributed by atoms with E-state index in [1.54, 1.807) is 0 Å². The first-order valence-corrected chi connectivity index (χ1v) is 11.8. The molecule has 0 aliphatic heterocycles. The second-order valence-corrected chi connectivity index (χ2v) is 9.15. The molecule has 7 heteroatoms. The fourth-order valence-corrected chi connectivity index (χ4v) is 4.76. The highest BCUT2D eigenvalue weighted by Gasteiger charge is 2.19. The molecule has 0 saturated heterocycles. The number of hydrogen-bond donors (Lipinski definition) is 1. The van der Waals surface area contributed by atoms with Crippen molar-refractivity contribution in [1.82, 2.24) is 25.1 Å². The SMILES string of the molecule is CCCn1c2ccccc2c2nnc(SC(C)C(=O)NCCC3=CCCCC3)nc21. The third kappa shape index (κ3) is 4.51. The van der Waals surface area contributed by atoms with Crippen molar-refractivity contribution in [1.29, 1.82) is 0 Å². The fourth-order valence-electron chi connectivity index (χ4n) is 4.02. The van der Waals surface area contributed by atoms with E-state index in [4.69, 9.17) is 4.98 Å². The van der Waals surface area contributed by atoms with Crippen LogP contribution in [0, 0.1) is 0 Å². The minimum atomic E-state index is -0.270. The summed E-state index contributed by atoms with van der Waals surface area (Å²) in [5.41, 5.74) is 4.26. The number of allylic oxidation sites excluding steroid dienone is 1. The zero-order chi connectivity index (χ0) is 20.9. The first kappa shape index (κ1) is 20.8. The van der Waals surface area contributed by atoms with Crippen LogP contribution in [0.4, 0.5) is 0 Å². The number of hydrogen-bond acceptors (Lipinski definition) is 5. The molecule has 1 unspecified atom stereocenters. The molecule has 1 N–H and O–H groups in total. The monoisotopic (exact) mass is 423 g/mol. The number of carbonyl (C=O) groups excluding carboxylic acids is 1. The molecule has 1 aliphatic rings. The molecule has 1 amide bonds. The van der Waals surface area contributed by atoms with E-state index in [2.05, 4.69) is 45.2 Å². The maximum absolute atomic E-state index is 12.5. The van der Waals surface area contributed by atoms with E-state index in [9.17, 15) is 4.79 Å². The lowest BCUT2D eigenvalue weighted by atomic mass is 9.97. The number of para-hydroxylation sites is 1. The van der Waals surface area contributed by atoms with Crippen LogP contribution in [0.5, 0.6) is 0 Å². The van der Waals surface area contributed by atoms with Crippen molar-refractivity contribution in [2.45, 2.75) is 69.3 Å². The molecule has 2 heterocycles. The van der Waals surface area contributed by atoms with Gasteiger partial charge in [0, 0.05) is 18.5 Å². The number of thioether (sulfide) groups is 1. The Morgan fingerprint density at radius 1 is 1.27 bits per heavy atom. The molecule has 0 spiro atoms. The van der Waals surface area contributed by atoms with E-state index in [1.165, 1.54) is 43.0 Å². The third-order valence-electron chi connectivity index (χ3n) is 5.58. The molecule has 30 heavy (non-hydrogen) atoms. The van der Waals surface area contributed by atoms with E-state index < -0.39 is 0 Å². The van der Waals surface area contributed by atoms with E-state index in [-0.39, 0.29) is 11.2 Å². The van der Waals surface area contributed by atoms with Crippen LogP contribution in [0.3, 0.4) is 0 Å². The largest absolute Gasteiger partial charge is 0.355 e. The number of amides is 1. The minimum Gasteiger partial charge on any atom is -0.355 e. The average Bonchev–Trinajstić information content (AvgIpc) is 3.08. The van der Waals surface area contributed by atoms with Crippen molar-refractivity contribution < 1.29 is 4.79 Å². The molecule has 6 nitrogen and oxygen atoms in total. The maximum Gasteiger partial charge on any atom is 0.233 e. The summed E-state index contributed by atoms with van der Waals surface area (Å²) in [7, 11) is 0. The van der Waals surface area contributed by atoms with Gasteiger partial charge < -0.3 is 9.88 Å². The summed E-state index contributed by atoms with van der Waals surface area (Å²) in [5.74, 6) is 0.0224. The summed E-state index contributed by atoms with van der Waals surface area (Å²) >= 11 is 1.36. The van der Waals surface area contributed by atoms with Gasteiger partial charge in [0.05, 0.1) is 10.8 Å². The van der Waals surface area contributed by atoms with Crippen LogP contribution in [0.2, 0.25) is 0 Å². The quantitative estimate of drug-likeness (QED) is 0.413. The molecular formula is C23H29N5OS. The second kappa shape index (κ2) is 9.60. The van der Waals surface area contributed by atoms with Gasteiger partial charge >= 0.3 is 0 Å². The van der Waals surface area contributed by atoms with Gasteiger partial charge in [-0.15, -0.1) is 10.2 Å². The molecule has 158 valence electrons. The lowest BCUT2D eigenvalue weighted by Crippen LogP contribution is -2.32. The number of benzene rings is 1. The lowest BCUT2D eigenvalue weighted by molar-refractivity contribution is -0.120. The number of nitrogens with one attached hydrogen (secondary N) is 1. The van der Waals surface area contributed by atoms with Crippen molar-refractivity contribution in [2.24, 2.45) is 0 Å². The molecule has 2 aromatic heterocycles. The molecule has 1 aromatic carbocycles. The smallest absolute Gasteiger partial charge is 0.233 e. The van der Waals surface area contributed by atoms with Gasteiger partial charge in [0.2, 0.25) is 11.1 Å². The van der Waals surface area contributed by atoms with Crippen molar-refractivity contribution in [3.8, 4) is 0 Å².